The highest BCUT2D eigenvalue weighted by Gasteiger charge is 2.12. The highest BCUT2D eigenvalue weighted by Crippen LogP contribution is 2.19. The molecule has 0 saturated carbocycles. The number of aromatic nitrogens is 2. The van der Waals surface area contributed by atoms with Gasteiger partial charge in [0.15, 0.2) is 11.6 Å². The minimum Gasteiger partial charge on any atom is -0.472 e. The molecule has 2 aromatic carbocycles. The first-order valence-electron chi connectivity index (χ1n) is 7.50. The first kappa shape index (κ1) is 18.2. The van der Waals surface area contributed by atoms with Gasteiger partial charge in [0.1, 0.15) is 23.2 Å². The molecule has 0 saturated heterocycles. The Morgan fingerprint density at radius 3 is 2.58 bits per heavy atom. The molecule has 1 heterocycles. The average Bonchev–Trinajstić information content (AvgIpc) is 2.61. The maximum absolute atomic E-state index is 13.2. The third-order valence-corrected chi connectivity index (χ3v) is 4.23. The van der Waals surface area contributed by atoms with E-state index in [0.29, 0.717) is 11.1 Å². The molecule has 0 fully saturated rings. The van der Waals surface area contributed by atoms with Crippen LogP contribution in [0.4, 0.5) is 13.2 Å². The van der Waals surface area contributed by atoms with Gasteiger partial charge in [0.25, 0.3) is 5.56 Å². The van der Waals surface area contributed by atoms with Crippen molar-refractivity contribution >= 4 is 15.9 Å². The van der Waals surface area contributed by atoms with E-state index in [1.807, 2.05) is 0 Å². The fraction of sp³-hybridized carbons (Fsp3) is 0.111. The largest absolute Gasteiger partial charge is 0.472 e. The van der Waals surface area contributed by atoms with Crippen molar-refractivity contribution in [1.29, 1.82) is 0 Å². The van der Waals surface area contributed by atoms with Crippen molar-refractivity contribution in [3.63, 3.8) is 0 Å². The van der Waals surface area contributed by atoms with Gasteiger partial charge >= 0.3 is 0 Å². The van der Waals surface area contributed by atoms with Crippen LogP contribution in [0.5, 0.6) is 5.88 Å². The molecule has 0 unspecified atom stereocenters. The van der Waals surface area contributed by atoms with Gasteiger partial charge in [-0.1, -0.05) is 18.2 Å². The van der Waals surface area contributed by atoms with Crippen molar-refractivity contribution in [3.05, 3.63) is 92.2 Å². The number of rotatable bonds is 5. The first-order chi connectivity index (χ1) is 12.4. The maximum Gasteiger partial charge on any atom is 0.271 e. The fourth-order valence-corrected chi connectivity index (χ4v) is 2.72. The smallest absolute Gasteiger partial charge is 0.271 e. The summed E-state index contributed by atoms with van der Waals surface area (Å²) >= 11 is 3.13. The minimum absolute atomic E-state index is 0.0234. The van der Waals surface area contributed by atoms with Gasteiger partial charge < -0.3 is 4.74 Å². The number of nitrogens with zero attached hydrogens (tertiary/aromatic N) is 2. The number of hydrogen-bond donors (Lipinski definition) is 0. The quantitative estimate of drug-likeness (QED) is 0.620. The number of hydrogen-bond acceptors (Lipinski definition) is 3. The zero-order chi connectivity index (χ0) is 18.7. The second kappa shape index (κ2) is 7.74. The molecular formula is C18H12BrF3N2O2. The molecule has 1 aromatic heterocycles. The monoisotopic (exact) mass is 424 g/mol. The molecule has 0 atom stereocenters. The van der Waals surface area contributed by atoms with E-state index in [9.17, 15) is 18.0 Å². The molecule has 0 N–H and O–H groups in total. The molecular weight excluding hydrogens is 413 g/mol. The van der Waals surface area contributed by atoms with E-state index in [1.54, 1.807) is 12.1 Å². The Kier molecular flexibility index (Phi) is 5.41. The van der Waals surface area contributed by atoms with Crippen molar-refractivity contribution in [2.24, 2.45) is 0 Å². The molecule has 0 aliphatic rings. The molecule has 0 amide bonds. The first-order valence-corrected chi connectivity index (χ1v) is 8.29. The van der Waals surface area contributed by atoms with Crippen molar-refractivity contribution < 1.29 is 17.9 Å². The number of ether oxygens (including phenoxy) is 1. The summed E-state index contributed by atoms with van der Waals surface area (Å²) in [6.07, 6.45) is 1.28. The van der Waals surface area contributed by atoms with Gasteiger partial charge in [-0.2, -0.15) is 0 Å². The summed E-state index contributed by atoms with van der Waals surface area (Å²) in [7, 11) is 0. The molecule has 0 spiro atoms. The normalized spacial score (nSPS) is 10.8. The standard InChI is InChI=1S/C18H12BrF3N2O2/c19-16-17(26-9-12-4-5-14(21)15(22)7-12)23-10-24(18(16)25)8-11-2-1-3-13(20)6-11/h1-7,10H,8-9H2. The summed E-state index contributed by atoms with van der Waals surface area (Å²) in [6, 6.07) is 9.26. The fourth-order valence-electron chi connectivity index (χ4n) is 2.28. The van der Waals surface area contributed by atoms with E-state index in [1.165, 1.54) is 29.1 Å². The van der Waals surface area contributed by atoms with Gasteiger partial charge in [0.2, 0.25) is 5.88 Å². The van der Waals surface area contributed by atoms with Gasteiger partial charge in [-0.15, -0.1) is 0 Å². The summed E-state index contributed by atoms with van der Waals surface area (Å²) in [4.78, 5) is 16.4. The van der Waals surface area contributed by atoms with Crippen LogP contribution in [0.3, 0.4) is 0 Å². The van der Waals surface area contributed by atoms with E-state index in [-0.39, 0.29) is 23.5 Å². The zero-order valence-corrected chi connectivity index (χ0v) is 14.8. The van der Waals surface area contributed by atoms with Gasteiger partial charge in [0, 0.05) is 0 Å². The molecule has 0 aliphatic heterocycles. The van der Waals surface area contributed by atoms with Gasteiger partial charge in [0.05, 0.1) is 6.54 Å². The zero-order valence-electron chi connectivity index (χ0n) is 13.3. The van der Waals surface area contributed by atoms with Gasteiger partial charge in [-0.25, -0.2) is 18.2 Å². The Labute approximate surface area is 155 Å². The molecule has 0 radical (unpaired) electrons. The Bertz CT molecular complexity index is 1010. The lowest BCUT2D eigenvalue weighted by atomic mass is 10.2. The predicted octanol–water partition coefficient (Wildman–Crippen LogP) is 4.05. The van der Waals surface area contributed by atoms with Crippen LogP contribution in [-0.4, -0.2) is 9.55 Å². The Hall–Kier alpha value is -2.61. The number of benzene rings is 2. The average molecular weight is 425 g/mol. The van der Waals surface area contributed by atoms with Crippen LogP contribution in [0.15, 0.2) is 58.1 Å². The van der Waals surface area contributed by atoms with Crippen LogP contribution in [0.1, 0.15) is 11.1 Å². The maximum atomic E-state index is 13.2. The van der Waals surface area contributed by atoms with Crippen molar-refractivity contribution in [2.45, 2.75) is 13.2 Å². The molecule has 3 rings (SSSR count). The highest BCUT2D eigenvalue weighted by atomic mass is 79.9. The highest BCUT2D eigenvalue weighted by molar-refractivity contribution is 9.10. The number of halogens is 4. The van der Waals surface area contributed by atoms with E-state index in [0.717, 1.165) is 12.1 Å². The lowest BCUT2D eigenvalue weighted by Crippen LogP contribution is -2.22. The second-order valence-electron chi connectivity index (χ2n) is 5.46. The van der Waals surface area contributed by atoms with Gasteiger partial charge in [-0.3, -0.25) is 9.36 Å². The predicted molar refractivity (Wildman–Crippen MR) is 92.4 cm³/mol. The third-order valence-electron chi connectivity index (χ3n) is 3.55. The molecule has 3 aromatic rings. The van der Waals surface area contributed by atoms with Crippen molar-refractivity contribution in [1.82, 2.24) is 9.55 Å². The van der Waals surface area contributed by atoms with E-state index >= 15 is 0 Å². The summed E-state index contributed by atoms with van der Waals surface area (Å²) in [5.74, 6) is -2.30. The SMILES string of the molecule is O=c1c(Br)c(OCc2ccc(F)c(F)c2)ncn1Cc1cccc(F)c1. The molecule has 134 valence electrons. The summed E-state index contributed by atoms with van der Waals surface area (Å²) in [5, 5.41) is 0. The molecule has 0 bridgehead atoms. The lowest BCUT2D eigenvalue weighted by Gasteiger charge is -2.10. The van der Waals surface area contributed by atoms with Crippen molar-refractivity contribution in [2.75, 3.05) is 0 Å². The van der Waals surface area contributed by atoms with Crippen LogP contribution in [-0.2, 0) is 13.2 Å². The van der Waals surface area contributed by atoms with Crippen LogP contribution in [0.25, 0.3) is 0 Å². The van der Waals surface area contributed by atoms with Crippen LogP contribution < -0.4 is 10.3 Å². The molecule has 4 nitrogen and oxygen atoms in total. The van der Waals surface area contributed by atoms with Crippen LogP contribution in [0.2, 0.25) is 0 Å². The summed E-state index contributed by atoms with van der Waals surface area (Å²) < 4.78 is 46.2. The van der Waals surface area contributed by atoms with Crippen LogP contribution >= 0.6 is 15.9 Å². The van der Waals surface area contributed by atoms with E-state index in [2.05, 4.69) is 20.9 Å². The van der Waals surface area contributed by atoms with E-state index < -0.39 is 23.0 Å². The summed E-state index contributed by atoms with van der Waals surface area (Å²) in [6.45, 7) is 0.0573. The Balaban J connectivity index is 1.76. The Morgan fingerprint density at radius 1 is 1.04 bits per heavy atom. The topological polar surface area (TPSA) is 44.1 Å². The lowest BCUT2D eigenvalue weighted by molar-refractivity contribution is 0.288. The molecule has 8 heteroatoms. The minimum atomic E-state index is -0.983. The second-order valence-corrected chi connectivity index (χ2v) is 6.26. The van der Waals surface area contributed by atoms with E-state index in [4.69, 9.17) is 4.74 Å². The molecule has 26 heavy (non-hydrogen) atoms. The third kappa shape index (κ3) is 4.13. The van der Waals surface area contributed by atoms with Crippen LogP contribution in [0, 0.1) is 17.5 Å². The van der Waals surface area contributed by atoms with Crippen molar-refractivity contribution in [3.8, 4) is 5.88 Å². The van der Waals surface area contributed by atoms with Gasteiger partial charge in [-0.05, 0) is 51.3 Å². The summed E-state index contributed by atoms with van der Waals surface area (Å²) in [5.41, 5.74) is 0.586. The Morgan fingerprint density at radius 2 is 1.85 bits per heavy atom. The molecule has 0 aliphatic carbocycles.